The number of amides is 1. The molecule has 0 aliphatic heterocycles. The molecule has 0 saturated heterocycles. The van der Waals surface area contributed by atoms with Crippen molar-refractivity contribution in [3.63, 3.8) is 0 Å². The minimum absolute atomic E-state index is 0.208. The first-order chi connectivity index (χ1) is 8.36. The molecule has 0 aromatic heterocycles. The fraction of sp³-hybridized carbons (Fsp3) is 0.500. The maximum absolute atomic E-state index is 11.2. The number of hydrogen-bond acceptors (Lipinski definition) is 3. The van der Waals surface area contributed by atoms with Crippen molar-refractivity contribution in [1.82, 2.24) is 5.32 Å². The Morgan fingerprint density at radius 2 is 1.94 bits per heavy atom. The van der Waals surface area contributed by atoms with E-state index in [1.54, 1.807) is 11.8 Å². The number of nitrogens with one attached hydrogen (secondary N) is 1. The standard InChI is InChI=1S/C14H22N2OS/c1-10(16-9-14(2,3)13(15)17)11-5-7-12(18-4)8-6-11/h5-8,10,16H,9H2,1-4H3,(H2,15,17). The Morgan fingerprint density at radius 1 is 1.39 bits per heavy atom. The van der Waals surface area contributed by atoms with Gasteiger partial charge in [0.1, 0.15) is 0 Å². The van der Waals surface area contributed by atoms with Crippen molar-refractivity contribution in [2.24, 2.45) is 11.1 Å². The predicted octanol–water partition coefficient (Wildman–Crippen LogP) is 2.57. The lowest BCUT2D eigenvalue weighted by atomic mass is 9.92. The number of carbonyl (C=O) groups is 1. The van der Waals surface area contributed by atoms with Crippen molar-refractivity contribution in [2.75, 3.05) is 12.8 Å². The molecular formula is C14H22N2OS. The van der Waals surface area contributed by atoms with Gasteiger partial charge in [0.05, 0.1) is 5.41 Å². The molecule has 0 fully saturated rings. The van der Waals surface area contributed by atoms with E-state index < -0.39 is 5.41 Å². The van der Waals surface area contributed by atoms with Gasteiger partial charge in [0.25, 0.3) is 0 Å². The van der Waals surface area contributed by atoms with E-state index in [1.807, 2.05) is 13.8 Å². The first kappa shape index (κ1) is 15.1. The molecule has 0 aliphatic carbocycles. The van der Waals surface area contributed by atoms with Gasteiger partial charge in [-0.15, -0.1) is 11.8 Å². The summed E-state index contributed by atoms with van der Waals surface area (Å²) >= 11 is 1.73. The van der Waals surface area contributed by atoms with E-state index in [9.17, 15) is 4.79 Å². The van der Waals surface area contributed by atoms with Gasteiger partial charge in [-0.2, -0.15) is 0 Å². The highest BCUT2D eigenvalue weighted by atomic mass is 32.2. The summed E-state index contributed by atoms with van der Waals surface area (Å²) in [5.41, 5.74) is 6.05. The zero-order chi connectivity index (χ0) is 13.8. The molecule has 0 spiro atoms. The average molecular weight is 266 g/mol. The topological polar surface area (TPSA) is 55.1 Å². The zero-order valence-corrected chi connectivity index (χ0v) is 12.3. The predicted molar refractivity (Wildman–Crippen MR) is 77.6 cm³/mol. The second-order valence-corrected chi connectivity index (χ2v) is 6.00. The van der Waals surface area contributed by atoms with Gasteiger partial charge in [0, 0.05) is 17.5 Å². The van der Waals surface area contributed by atoms with Gasteiger partial charge in [-0.05, 0) is 44.7 Å². The van der Waals surface area contributed by atoms with Gasteiger partial charge in [-0.3, -0.25) is 4.79 Å². The van der Waals surface area contributed by atoms with Crippen molar-refractivity contribution in [3.05, 3.63) is 29.8 Å². The molecule has 0 aliphatic rings. The molecule has 1 aromatic carbocycles. The molecule has 3 N–H and O–H groups in total. The minimum atomic E-state index is -0.520. The zero-order valence-electron chi connectivity index (χ0n) is 11.5. The third kappa shape index (κ3) is 4.03. The Kier molecular flexibility index (Phi) is 5.23. The van der Waals surface area contributed by atoms with Crippen LogP contribution in [-0.2, 0) is 4.79 Å². The fourth-order valence-electron chi connectivity index (χ4n) is 1.51. The van der Waals surface area contributed by atoms with Crippen LogP contribution in [0, 0.1) is 5.41 Å². The molecule has 1 rings (SSSR count). The lowest BCUT2D eigenvalue weighted by Gasteiger charge is -2.24. The smallest absolute Gasteiger partial charge is 0.224 e. The highest BCUT2D eigenvalue weighted by molar-refractivity contribution is 7.98. The number of primary amides is 1. The molecule has 3 nitrogen and oxygen atoms in total. The summed E-state index contributed by atoms with van der Waals surface area (Å²) in [5, 5.41) is 3.35. The Hall–Kier alpha value is -1.00. The van der Waals surface area contributed by atoms with Gasteiger partial charge < -0.3 is 11.1 Å². The van der Waals surface area contributed by atoms with E-state index in [0.29, 0.717) is 6.54 Å². The van der Waals surface area contributed by atoms with Crippen LogP contribution in [0.5, 0.6) is 0 Å². The summed E-state index contributed by atoms with van der Waals surface area (Å²) in [4.78, 5) is 12.5. The number of thioether (sulfide) groups is 1. The molecule has 1 amide bonds. The van der Waals surface area contributed by atoms with Crippen LogP contribution >= 0.6 is 11.8 Å². The number of rotatable bonds is 6. The van der Waals surface area contributed by atoms with Crippen molar-refractivity contribution in [2.45, 2.75) is 31.7 Å². The summed E-state index contributed by atoms with van der Waals surface area (Å²) in [6.45, 7) is 6.37. The van der Waals surface area contributed by atoms with Crippen molar-refractivity contribution in [1.29, 1.82) is 0 Å². The highest BCUT2D eigenvalue weighted by Crippen LogP contribution is 2.20. The molecule has 1 unspecified atom stereocenters. The molecule has 1 atom stereocenters. The van der Waals surface area contributed by atoms with Crippen molar-refractivity contribution in [3.8, 4) is 0 Å². The van der Waals surface area contributed by atoms with Crippen LogP contribution < -0.4 is 11.1 Å². The van der Waals surface area contributed by atoms with Crippen LogP contribution in [0.3, 0.4) is 0 Å². The second-order valence-electron chi connectivity index (χ2n) is 5.12. The SMILES string of the molecule is CSc1ccc(C(C)NCC(C)(C)C(N)=O)cc1. The van der Waals surface area contributed by atoms with E-state index in [2.05, 4.69) is 42.8 Å². The van der Waals surface area contributed by atoms with Crippen LogP contribution in [0.1, 0.15) is 32.4 Å². The Bertz CT molecular complexity index is 401. The Morgan fingerprint density at radius 3 is 2.39 bits per heavy atom. The normalized spacial score (nSPS) is 13.3. The van der Waals surface area contributed by atoms with Gasteiger partial charge in [0.2, 0.25) is 5.91 Å². The van der Waals surface area contributed by atoms with E-state index >= 15 is 0 Å². The third-order valence-electron chi connectivity index (χ3n) is 3.13. The number of hydrogen-bond donors (Lipinski definition) is 2. The molecule has 100 valence electrons. The third-order valence-corrected chi connectivity index (χ3v) is 3.88. The largest absolute Gasteiger partial charge is 0.369 e. The first-order valence-electron chi connectivity index (χ1n) is 6.04. The molecular weight excluding hydrogens is 244 g/mol. The Labute approximate surface area is 114 Å². The summed E-state index contributed by atoms with van der Waals surface area (Å²) in [6.07, 6.45) is 2.06. The summed E-state index contributed by atoms with van der Waals surface area (Å²) in [7, 11) is 0. The van der Waals surface area contributed by atoms with E-state index in [4.69, 9.17) is 5.73 Å². The molecule has 0 saturated carbocycles. The summed E-state index contributed by atoms with van der Waals surface area (Å²) < 4.78 is 0. The van der Waals surface area contributed by atoms with E-state index in [-0.39, 0.29) is 11.9 Å². The fourth-order valence-corrected chi connectivity index (χ4v) is 1.91. The molecule has 0 bridgehead atoms. The van der Waals surface area contributed by atoms with Gasteiger partial charge in [-0.25, -0.2) is 0 Å². The maximum atomic E-state index is 11.2. The van der Waals surface area contributed by atoms with E-state index in [1.165, 1.54) is 10.5 Å². The second kappa shape index (κ2) is 6.25. The van der Waals surface area contributed by atoms with Gasteiger partial charge in [-0.1, -0.05) is 12.1 Å². The van der Waals surface area contributed by atoms with Crippen LogP contribution in [0.2, 0.25) is 0 Å². The summed E-state index contributed by atoms with van der Waals surface area (Å²) in [6, 6.07) is 8.65. The van der Waals surface area contributed by atoms with Crippen LogP contribution in [0.25, 0.3) is 0 Å². The van der Waals surface area contributed by atoms with Crippen LogP contribution in [-0.4, -0.2) is 18.7 Å². The molecule has 18 heavy (non-hydrogen) atoms. The van der Waals surface area contributed by atoms with Crippen molar-refractivity contribution >= 4 is 17.7 Å². The number of nitrogens with two attached hydrogens (primary N) is 1. The summed E-state index contributed by atoms with van der Waals surface area (Å²) in [5.74, 6) is -0.278. The molecule has 1 aromatic rings. The quantitative estimate of drug-likeness (QED) is 0.778. The first-order valence-corrected chi connectivity index (χ1v) is 7.26. The van der Waals surface area contributed by atoms with Gasteiger partial charge >= 0.3 is 0 Å². The van der Waals surface area contributed by atoms with E-state index in [0.717, 1.165) is 0 Å². The lowest BCUT2D eigenvalue weighted by Crippen LogP contribution is -2.41. The molecule has 0 heterocycles. The number of benzene rings is 1. The lowest BCUT2D eigenvalue weighted by molar-refractivity contribution is -0.125. The highest BCUT2D eigenvalue weighted by Gasteiger charge is 2.25. The van der Waals surface area contributed by atoms with Crippen LogP contribution in [0.4, 0.5) is 0 Å². The van der Waals surface area contributed by atoms with Crippen molar-refractivity contribution < 1.29 is 4.79 Å². The average Bonchev–Trinajstić information content (AvgIpc) is 2.36. The number of carbonyl (C=O) groups excluding carboxylic acids is 1. The molecule has 4 heteroatoms. The van der Waals surface area contributed by atoms with Gasteiger partial charge in [0.15, 0.2) is 0 Å². The maximum Gasteiger partial charge on any atom is 0.224 e. The Balaban J connectivity index is 2.59. The minimum Gasteiger partial charge on any atom is -0.369 e. The van der Waals surface area contributed by atoms with Crippen LogP contribution in [0.15, 0.2) is 29.2 Å². The monoisotopic (exact) mass is 266 g/mol. The molecule has 0 radical (unpaired) electrons.